The second-order valence-electron chi connectivity index (χ2n) is 4.55. The number of likely N-dealkylation sites (tertiary alicyclic amines) is 1. The Kier molecular flexibility index (Phi) is 3.21. The number of carboxylic acid groups (broad SMARTS) is 1. The number of hydrogen-bond donors (Lipinski definition) is 1. The Balaban J connectivity index is 2.77. The van der Waals surface area contributed by atoms with Gasteiger partial charge in [0.05, 0.1) is 6.61 Å². The van der Waals surface area contributed by atoms with Gasteiger partial charge in [-0.15, -0.1) is 0 Å². The highest BCUT2D eigenvalue weighted by molar-refractivity contribution is 5.81. The highest BCUT2D eigenvalue weighted by Crippen LogP contribution is 2.34. The topological polar surface area (TPSA) is 66.8 Å². The van der Waals surface area contributed by atoms with Crippen molar-refractivity contribution in [3.8, 4) is 0 Å². The predicted molar refractivity (Wildman–Crippen MR) is 53.5 cm³/mol. The highest BCUT2D eigenvalue weighted by Gasteiger charge is 2.44. The quantitative estimate of drug-likeness (QED) is 0.705. The molecular weight excluding hydrogens is 198 g/mol. The Bertz CT molecular complexity index is 275. The third kappa shape index (κ3) is 2.61. The molecule has 0 aliphatic carbocycles. The Morgan fingerprint density at radius 3 is 2.60 bits per heavy atom. The van der Waals surface area contributed by atoms with Gasteiger partial charge in [-0.05, 0) is 18.8 Å². The lowest BCUT2D eigenvalue weighted by atomic mass is 9.91. The smallest absolute Gasteiger partial charge is 0.408 e. The van der Waals surface area contributed by atoms with Crippen molar-refractivity contribution >= 4 is 12.1 Å². The van der Waals surface area contributed by atoms with E-state index in [2.05, 4.69) is 0 Å². The fourth-order valence-corrected chi connectivity index (χ4v) is 1.92. The molecule has 0 aromatic rings. The zero-order chi connectivity index (χ0) is 11.6. The third-order valence-electron chi connectivity index (χ3n) is 2.52. The molecule has 1 atom stereocenters. The van der Waals surface area contributed by atoms with Gasteiger partial charge < -0.3 is 9.84 Å². The first kappa shape index (κ1) is 11.8. The molecule has 1 amide bonds. The van der Waals surface area contributed by atoms with Gasteiger partial charge in [0.25, 0.3) is 0 Å². The van der Waals surface area contributed by atoms with E-state index in [1.54, 1.807) is 6.92 Å². The number of esters is 1. The number of ether oxygens (including phenoxy) is 1. The van der Waals surface area contributed by atoms with Crippen molar-refractivity contribution in [2.75, 3.05) is 13.2 Å². The van der Waals surface area contributed by atoms with E-state index in [0.717, 1.165) is 4.90 Å². The molecule has 0 saturated carbocycles. The average molecular weight is 215 g/mol. The van der Waals surface area contributed by atoms with Gasteiger partial charge in [0.2, 0.25) is 0 Å². The van der Waals surface area contributed by atoms with E-state index in [1.807, 2.05) is 13.8 Å². The molecule has 5 heteroatoms. The maximum absolute atomic E-state index is 11.5. The van der Waals surface area contributed by atoms with Gasteiger partial charge in [-0.2, -0.15) is 0 Å². The van der Waals surface area contributed by atoms with Gasteiger partial charge >= 0.3 is 12.1 Å². The van der Waals surface area contributed by atoms with Crippen LogP contribution in [0.25, 0.3) is 0 Å². The molecule has 1 aliphatic heterocycles. The molecular formula is C10H17NO4. The summed E-state index contributed by atoms with van der Waals surface area (Å²) in [5, 5.41) is 8.95. The van der Waals surface area contributed by atoms with Gasteiger partial charge in [0, 0.05) is 6.54 Å². The van der Waals surface area contributed by atoms with Crippen molar-refractivity contribution in [2.24, 2.45) is 5.41 Å². The first-order chi connectivity index (χ1) is 6.87. The summed E-state index contributed by atoms with van der Waals surface area (Å²) < 4.78 is 4.86. The van der Waals surface area contributed by atoms with Crippen LogP contribution in [0.4, 0.5) is 4.79 Å². The number of carbonyl (C=O) groups is 2. The van der Waals surface area contributed by atoms with Crippen LogP contribution in [0.2, 0.25) is 0 Å². The summed E-state index contributed by atoms with van der Waals surface area (Å²) in [5.74, 6) is -0.439. The van der Waals surface area contributed by atoms with E-state index in [1.165, 1.54) is 0 Å². The van der Waals surface area contributed by atoms with Gasteiger partial charge in [-0.3, -0.25) is 4.90 Å². The molecule has 0 aromatic heterocycles. The summed E-state index contributed by atoms with van der Waals surface area (Å²) in [6.07, 6.45) is -0.531. The summed E-state index contributed by atoms with van der Waals surface area (Å²) in [4.78, 5) is 23.6. The van der Waals surface area contributed by atoms with Crippen LogP contribution in [-0.4, -0.2) is 41.3 Å². The van der Waals surface area contributed by atoms with Crippen LogP contribution in [0.5, 0.6) is 0 Å². The third-order valence-corrected chi connectivity index (χ3v) is 2.52. The van der Waals surface area contributed by atoms with Crippen molar-refractivity contribution in [1.82, 2.24) is 4.90 Å². The van der Waals surface area contributed by atoms with E-state index in [0.29, 0.717) is 13.0 Å². The van der Waals surface area contributed by atoms with Crippen LogP contribution < -0.4 is 0 Å². The molecule has 1 aliphatic rings. The molecule has 0 aromatic carbocycles. The molecule has 1 fully saturated rings. The average Bonchev–Trinajstić information content (AvgIpc) is 2.42. The second kappa shape index (κ2) is 4.08. The normalized spacial score (nSPS) is 23.9. The molecule has 15 heavy (non-hydrogen) atoms. The van der Waals surface area contributed by atoms with E-state index in [-0.39, 0.29) is 12.0 Å². The maximum Gasteiger partial charge on any atom is 0.408 e. The molecule has 1 unspecified atom stereocenters. The molecule has 1 N–H and O–H groups in total. The standard InChI is InChI=1S/C10H17NO4/c1-4-15-8(12)7-5-10(2,3)6-11(7)9(13)14/h7H,4-6H2,1-3H3,(H,13,14). The minimum atomic E-state index is -1.06. The van der Waals surface area contributed by atoms with Gasteiger partial charge in [-0.25, -0.2) is 9.59 Å². The van der Waals surface area contributed by atoms with Crippen LogP contribution in [0.1, 0.15) is 27.2 Å². The Labute approximate surface area is 89.0 Å². The number of carbonyl (C=O) groups excluding carboxylic acids is 1. The highest BCUT2D eigenvalue weighted by atomic mass is 16.5. The molecule has 86 valence electrons. The fourth-order valence-electron chi connectivity index (χ4n) is 1.92. The number of hydrogen-bond acceptors (Lipinski definition) is 3. The molecule has 0 radical (unpaired) electrons. The van der Waals surface area contributed by atoms with Crippen LogP contribution in [0, 0.1) is 5.41 Å². The fraction of sp³-hybridized carbons (Fsp3) is 0.800. The van der Waals surface area contributed by atoms with Crippen LogP contribution in [0.15, 0.2) is 0 Å². The maximum atomic E-state index is 11.5. The minimum Gasteiger partial charge on any atom is -0.465 e. The van der Waals surface area contributed by atoms with Crippen molar-refractivity contribution in [2.45, 2.75) is 33.2 Å². The van der Waals surface area contributed by atoms with E-state index < -0.39 is 18.1 Å². The summed E-state index contributed by atoms with van der Waals surface area (Å²) in [6, 6.07) is -0.641. The molecule has 1 saturated heterocycles. The monoisotopic (exact) mass is 215 g/mol. The lowest BCUT2D eigenvalue weighted by molar-refractivity contribution is -0.147. The van der Waals surface area contributed by atoms with Gasteiger partial charge in [-0.1, -0.05) is 13.8 Å². The van der Waals surface area contributed by atoms with Gasteiger partial charge in [0.15, 0.2) is 0 Å². The Morgan fingerprint density at radius 1 is 1.53 bits per heavy atom. The van der Waals surface area contributed by atoms with Crippen molar-refractivity contribution in [3.05, 3.63) is 0 Å². The zero-order valence-electron chi connectivity index (χ0n) is 9.32. The lowest BCUT2D eigenvalue weighted by Gasteiger charge is -2.19. The Morgan fingerprint density at radius 2 is 2.13 bits per heavy atom. The molecule has 0 spiro atoms. The molecule has 5 nitrogen and oxygen atoms in total. The summed E-state index contributed by atoms with van der Waals surface area (Å²) in [6.45, 7) is 6.27. The van der Waals surface area contributed by atoms with Crippen LogP contribution in [0.3, 0.4) is 0 Å². The first-order valence-corrected chi connectivity index (χ1v) is 5.03. The molecule has 1 heterocycles. The van der Waals surface area contributed by atoms with E-state index in [9.17, 15) is 9.59 Å². The first-order valence-electron chi connectivity index (χ1n) is 5.03. The zero-order valence-corrected chi connectivity index (χ0v) is 9.32. The molecule has 1 rings (SSSR count). The van der Waals surface area contributed by atoms with E-state index >= 15 is 0 Å². The summed E-state index contributed by atoms with van der Waals surface area (Å²) in [7, 11) is 0. The lowest BCUT2D eigenvalue weighted by Crippen LogP contribution is -2.40. The number of rotatable bonds is 2. The van der Waals surface area contributed by atoms with Crippen molar-refractivity contribution < 1.29 is 19.4 Å². The SMILES string of the molecule is CCOC(=O)C1CC(C)(C)CN1C(=O)O. The van der Waals surface area contributed by atoms with Crippen molar-refractivity contribution in [3.63, 3.8) is 0 Å². The van der Waals surface area contributed by atoms with E-state index in [4.69, 9.17) is 9.84 Å². The number of nitrogens with zero attached hydrogens (tertiary/aromatic N) is 1. The largest absolute Gasteiger partial charge is 0.465 e. The van der Waals surface area contributed by atoms with Crippen LogP contribution in [-0.2, 0) is 9.53 Å². The van der Waals surface area contributed by atoms with Crippen LogP contribution >= 0.6 is 0 Å². The Hall–Kier alpha value is -1.26. The van der Waals surface area contributed by atoms with Crippen molar-refractivity contribution in [1.29, 1.82) is 0 Å². The predicted octanol–water partition coefficient (Wildman–Crippen LogP) is 1.33. The van der Waals surface area contributed by atoms with Gasteiger partial charge in [0.1, 0.15) is 6.04 Å². The summed E-state index contributed by atoms with van der Waals surface area (Å²) >= 11 is 0. The summed E-state index contributed by atoms with van der Waals surface area (Å²) in [5.41, 5.74) is -0.157. The molecule has 0 bridgehead atoms. The number of amides is 1. The second-order valence-corrected chi connectivity index (χ2v) is 4.55. The minimum absolute atomic E-state index is 0.157.